The van der Waals surface area contributed by atoms with Crippen molar-refractivity contribution in [1.82, 2.24) is 0 Å². The average molecular weight is 346 g/mol. The fraction of sp³-hybridized carbons (Fsp3) is 0.316. The maximum atomic E-state index is 10.7. The van der Waals surface area contributed by atoms with Crippen LogP contribution in [0.15, 0.2) is 42.5 Å². The number of rotatable bonds is 6. The van der Waals surface area contributed by atoms with Gasteiger partial charge in [-0.1, -0.05) is 42.8 Å². The standard InChI is InChI=1S/C19H20ClNO3/c1-2-10-23-14-8-6-13(7-9-14)16-11-18(24-12-22)21-19-15(16)4-3-5-17(19)20/h3-9,12,16,18,21H,2,10-11H2,1H3. The molecule has 2 aromatic rings. The molecule has 3 rings (SSSR count). The predicted molar refractivity (Wildman–Crippen MR) is 94.7 cm³/mol. The third-order valence-electron chi connectivity index (χ3n) is 4.15. The van der Waals surface area contributed by atoms with E-state index in [1.165, 1.54) is 0 Å². The van der Waals surface area contributed by atoms with Crippen LogP contribution in [0.25, 0.3) is 0 Å². The van der Waals surface area contributed by atoms with Crippen molar-refractivity contribution in [3.05, 3.63) is 58.6 Å². The molecule has 4 nitrogen and oxygen atoms in total. The van der Waals surface area contributed by atoms with E-state index >= 15 is 0 Å². The lowest BCUT2D eigenvalue weighted by atomic mass is 9.84. The molecule has 24 heavy (non-hydrogen) atoms. The molecule has 0 saturated heterocycles. The van der Waals surface area contributed by atoms with Gasteiger partial charge >= 0.3 is 0 Å². The maximum Gasteiger partial charge on any atom is 0.294 e. The summed E-state index contributed by atoms with van der Waals surface area (Å²) in [6.45, 7) is 3.26. The lowest BCUT2D eigenvalue weighted by molar-refractivity contribution is -0.132. The summed E-state index contributed by atoms with van der Waals surface area (Å²) in [5.74, 6) is 0.965. The van der Waals surface area contributed by atoms with Crippen molar-refractivity contribution in [3.63, 3.8) is 0 Å². The molecule has 1 heterocycles. The van der Waals surface area contributed by atoms with Crippen LogP contribution < -0.4 is 10.1 Å². The van der Waals surface area contributed by atoms with Crippen LogP contribution in [-0.4, -0.2) is 19.3 Å². The number of carbonyl (C=O) groups is 1. The molecule has 2 unspecified atom stereocenters. The molecule has 0 amide bonds. The Hall–Kier alpha value is -2.20. The van der Waals surface area contributed by atoms with Crippen LogP contribution in [0.2, 0.25) is 5.02 Å². The van der Waals surface area contributed by atoms with Crippen molar-refractivity contribution in [3.8, 4) is 5.75 Å². The van der Waals surface area contributed by atoms with Gasteiger partial charge in [0.05, 0.1) is 17.3 Å². The molecule has 0 bridgehead atoms. The highest BCUT2D eigenvalue weighted by molar-refractivity contribution is 6.33. The van der Waals surface area contributed by atoms with Crippen LogP contribution in [0, 0.1) is 0 Å². The van der Waals surface area contributed by atoms with Gasteiger partial charge in [-0.05, 0) is 35.7 Å². The number of hydrogen-bond acceptors (Lipinski definition) is 4. The van der Waals surface area contributed by atoms with Gasteiger partial charge in [0.15, 0.2) is 6.23 Å². The van der Waals surface area contributed by atoms with E-state index in [9.17, 15) is 4.79 Å². The summed E-state index contributed by atoms with van der Waals surface area (Å²) in [6, 6.07) is 13.9. The second-order valence-corrected chi connectivity index (χ2v) is 6.18. The van der Waals surface area contributed by atoms with E-state index in [4.69, 9.17) is 21.1 Å². The maximum absolute atomic E-state index is 10.7. The Morgan fingerprint density at radius 1 is 1.25 bits per heavy atom. The van der Waals surface area contributed by atoms with E-state index in [1.54, 1.807) is 0 Å². The smallest absolute Gasteiger partial charge is 0.294 e. The molecule has 0 fully saturated rings. The van der Waals surface area contributed by atoms with Gasteiger partial charge in [-0.25, -0.2) is 0 Å². The highest BCUT2D eigenvalue weighted by Crippen LogP contribution is 2.42. The van der Waals surface area contributed by atoms with Crippen LogP contribution >= 0.6 is 11.6 Å². The number of fused-ring (bicyclic) bond motifs is 1. The van der Waals surface area contributed by atoms with E-state index in [0.717, 1.165) is 29.0 Å². The Bertz CT molecular complexity index is 702. The highest BCUT2D eigenvalue weighted by Gasteiger charge is 2.29. The van der Waals surface area contributed by atoms with Crippen molar-refractivity contribution < 1.29 is 14.3 Å². The van der Waals surface area contributed by atoms with E-state index in [2.05, 4.69) is 30.4 Å². The quantitative estimate of drug-likeness (QED) is 0.779. The first kappa shape index (κ1) is 16.7. The van der Waals surface area contributed by atoms with Crippen molar-refractivity contribution in [2.45, 2.75) is 31.9 Å². The Morgan fingerprint density at radius 2 is 2.04 bits per heavy atom. The zero-order valence-corrected chi connectivity index (χ0v) is 14.3. The summed E-state index contributed by atoms with van der Waals surface area (Å²) in [7, 11) is 0. The van der Waals surface area contributed by atoms with Crippen molar-refractivity contribution in [1.29, 1.82) is 0 Å². The van der Waals surface area contributed by atoms with Gasteiger partial charge in [0, 0.05) is 12.3 Å². The van der Waals surface area contributed by atoms with Crippen LogP contribution in [0.4, 0.5) is 5.69 Å². The molecule has 1 aliphatic rings. The van der Waals surface area contributed by atoms with Crippen molar-refractivity contribution in [2.75, 3.05) is 11.9 Å². The summed E-state index contributed by atoms with van der Waals surface area (Å²) >= 11 is 6.32. The number of carbonyl (C=O) groups excluding carboxylic acids is 1. The van der Waals surface area contributed by atoms with Gasteiger partial charge in [-0.2, -0.15) is 0 Å². The zero-order valence-electron chi connectivity index (χ0n) is 13.5. The minimum Gasteiger partial charge on any atom is -0.494 e. The molecule has 0 spiro atoms. The lowest BCUT2D eigenvalue weighted by Gasteiger charge is -2.32. The van der Waals surface area contributed by atoms with Crippen molar-refractivity contribution >= 4 is 23.8 Å². The Morgan fingerprint density at radius 3 is 2.75 bits per heavy atom. The Labute approximate surface area is 146 Å². The number of para-hydroxylation sites is 1. The topological polar surface area (TPSA) is 47.6 Å². The van der Waals surface area contributed by atoms with Gasteiger partial charge in [-0.15, -0.1) is 0 Å². The molecule has 2 atom stereocenters. The number of anilines is 1. The molecule has 126 valence electrons. The average Bonchev–Trinajstić information content (AvgIpc) is 2.61. The fourth-order valence-corrected chi connectivity index (χ4v) is 3.27. The van der Waals surface area contributed by atoms with E-state index in [0.29, 0.717) is 24.5 Å². The Balaban J connectivity index is 1.91. The Kier molecular flexibility index (Phi) is 5.26. The minimum absolute atomic E-state index is 0.102. The molecular formula is C19H20ClNO3. The summed E-state index contributed by atoms with van der Waals surface area (Å²) in [5, 5.41) is 3.82. The molecule has 0 saturated carbocycles. The predicted octanol–water partition coefficient (Wildman–Crippen LogP) is 4.58. The number of hydrogen-bond donors (Lipinski definition) is 1. The van der Waals surface area contributed by atoms with Gasteiger partial charge in [0.1, 0.15) is 5.75 Å². The van der Waals surface area contributed by atoms with Crippen LogP contribution in [0.5, 0.6) is 5.75 Å². The number of benzene rings is 2. The van der Waals surface area contributed by atoms with Crippen molar-refractivity contribution in [2.24, 2.45) is 0 Å². The highest BCUT2D eigenvalue weighted by atomic mass is 35.5. The molecular weight excluding hydrogens is 326 g/mol. The van der Waals surface area contributed by atoms with Gasteiger partial charge in [0.2, 0.25) is 0 Å². The lowest BCUT2D eigenvalue weighted by Crippen LogP contribution is -2.31. The summed E-state index contributed by atoms with van der Waals surface area (Å²) < 4.78 is 10.8. The second-order valence-electron chi connectivity index (χ2n) is 5.78. The molecule has 1 N–H and O–H groups in total. The molecule has 5 heteroatoms. The van der Waals surface area contributed by atoms with E-state index in [1.807, 2.05) is 24.3 Å². The normalized spacial score (nSPS) is 19.1. The summed E-state index contributed by atoms with van der Waals surface area (Å²) in [6.07, 6.45) is 1.24. The van der Waals surface area contributed by atoms with E-state index < -0.39 is 6.23 Å². The third-order valence-corrected chi connectivity index (χ3v) is 4.47. The third kappa shape index (κ3) is 3.49. The van der Waals surface area contributed by atoms with Gasteiger partial charge < -0.3 is 14.8 Å². The molecule has 2 aromatic carbocycles. The zero-order chi connectivity index (χ0) is 16.9. The molecule has 0 radical (unpaired) electrons. The van der Waals surface area contributed by atoms with E-state index in [-0.39, 0.29) is 5.92 Å². The molecule has 0 aromatic heterocycles. The largest absolute Gasteiger partial charge is 0.494 e. The van der Waals surface area contributed by atoms with Crippen LogP contribution in [-0.2, 0) is 9.53 Å². The second kappa shape index (κ2) is 7.58. The first-order valence-corrected chi connectivity index (χ1v) is 8.47. The number of halogens is 1. The monoisotopic (exact) mass is 345 g/mol. The molecule has 1 aliphatic heterocycles. The fourth-order valence-electron chi connectivity index (χ4n) is 3.03. The summed E-state index contributed by atoms with van der Waals surface area (Å²) in [4.78, 5) is 10.7. The first-order valence-electron chi connectivity index (χ1n) is 8.09. The van der Waals surface area contributed by atoms with Crippen LogP contribution in [0.1, 0.15) is 36.8 Å². The van der Waals surface area contributed by atoms with Crippen LogP contribution in [0.3, 0.4) is 0 Å². The number of nitrogens with one attached hydrogen (secondary N) is 1. The molecule has 0 aliphatic carbocycles. The first-order chi connectivity index (χ1) is 11.7. The summed E-state index contributed by atoms with van der Waals surface area (Å²) in [5.41, 5.74) is 3.08. The van der Waals surface area contributed by atoms with Gasteiger partial charge in [-0.3, -0.25) is 4.79 Å². The SMILES string of the molecule is CCCOc1ccc(C2CC(OC=O)Nc3c(Cl)cccc32)cc1. The van der Waals surface area contributed by atoms with Gasteiger partial charge in [0.25, 0.3) is 6.47 Å². The number of ether oxygens (including phenoxy) is 2. The minimum atomic E-state index is -0.393.